The zero-order chi connectivity index (χ0) is 11.3. The zero-order valence-corrected chi connectivity index (χ0v) is 11.9. The summed E-state index contributed by atoms with van der Waals surface area (Å²) >= 11 is 3.29. The van der Waals surface area contributed by atoms with E-state index in [1.807, 2.05) is 12.1 Å². The molecular weight excluding hydrogens is 289 g/mol. The number of benzene rings is 1. The van der Waals surface area contributed by atoms with Gasteiger partial charge in [-0.1, -0.05) is 32.3 Å². The van der Waals surface area contributed by atoms with Gasteiger partial charge in [0, 0.05) is 6.04 Å². The number of unbranched alkanes of at least 4 members (excludes halogenated alkanes) is 2. The highest BCUT2D eigenvalue weighted by atomic mass is 79.9. The minimum Gasteiger partial charge on any atom is -0.507 e. The maximum atomic E-state index is 9.35. The Morgan fingerprint density at radius 2 is 2.06 bits per heavy atom. The van der Waals surface area contributed by atoms with Gasteiger partial charge in [-0.2, -0.15) is 0 Å². The summed E-state index contributed by atoms with van der Waals surface area (Å²) in [5.41, 5.74) is 7.13. The van der Waals surface area contributed by atoms with Crippen LogP contribution < -0.4 is 5.73 Å². The molecule has 0 heterocycles. The van der Waals surface area contributed by atoms with Crippen LogP contribution in [0.2, 0.25) is 0 Å². The molecule has 0 aliphatic rings. The standard InChI is InChI=1S/C12H18BrNO.ClH/c1-2-3-4-5-11(14)9-6-7-12(15)10(13)8-9;/h6-8,11,15H,2-5,14H2,1H3;1H/t11-;/m0./s1. The monoisotopic (exact) mass is 307 g/mol. The zero-order valence-electron chi connectivity index (χ0n) is 9.45. The van der Waals surface area contributed by atoms with E-state index in [0.717, 1.165) is 18.4 Å². The molecule has 0 bridgehead atoms. The van der Waals surface area contributed by atoms with E-state index in [-0.39, 0.29) is 24.2 Å². The van der Waals surface area contributed by atoms with Gasteiger partial charge < -0.3 is 10.8 Å². The molecule has 16 heavy (non-hydrogen) atoms. The predicted molar refractivity (Wildman–Crippen MR) is 74.1 cm³/mol. The van der Waals surface area contributed by atoms with Crippen molar-refractivity contribution < 1.29 is 5.11 Å². The Bertz CT molecular complexity index is 320. The minimum atomic E-state index is 0. The van der Waals surface area contributed by atoms with E-state index >= 15 is 0 Å². The summed E-state index contributed by atoms with van der Waals surface area (Å²) in [6.07, 6.45) is 4.61. The lowest BCUT2D eigenvalue weighted by Crippen LogP contribution is -2.09. The molecular formula is C12H19BrClNO. The molecule has 0 amide bonds. The van der Waals surface area contributed by atoms with Crippen LogP contribution in [0.1, 0.15) is 44.2 Å². The molecule has 2 nitrogen and oxygen atoms in total. The quantitative estimate of drug-likeness (QED) is 0.802. The molecule has 0 spiro atoms. The summed E-state index contributed by atoms with van der Waals surface area (Å²) < 4.78 is 0.714. The second-order valence-corrected chi connectivity index (χ2v) is 4.67. The van der Waals surface area contributed by atoms with Gasteiger partial charge in [-0.05, 0) is 40.0 Å². The van der Waals surface area contributed by atoms with Crippen molar-refractivity contribution in [2.75, 3.05) is 0 Å². The van der Waals surface area contributed by atoms with Crippen LogP contribution in [0, 0.1) is 0 Å². The molecule has 1 rings (SSSR count). The van der Waals surface area contributed by atoms with Crippen LogP contribution in [-0.4, -0.2) is 5.11 Å². The summed E-state index contributed by atoms with van der Waals surface area (Å²) in [5.74, 6) is 0.263. The molecule has 4 heteroatoms. The number of aromatic hydroxyl groups is 1. The smallest absolute Gasteiger partial charge is 0.129 e. The van der Waals surface area contributed by atoms with E-state index in [0.29, 0.717) is 4.47 Å². The fraction of sp³-hybridized carbons (Fsp3) is 0.500. The van der Waals surface area contributed by atoms with Gasteiger partial charge in [-0.3, -0.25) is 0 Å². The maximum Gasteiger partial charge on any atom is 0.129 e. The van der Waals surface area contributed by atoms with E-state index in [1.165, 1.54) is 12.8 Å². The SMILES string of the molecule is CCCCC[C@H](N)c1ccc(O)c(Br)c1.Cl. The van der Waals surface area contributed by atoms with Crippen molar-refractivity contribution in [1.29, 1.82) is 0 Å². The van der Waals surface area contributed by atoms with Crippen molar-refractivity contribution >= 4 is 28.3 Å². The first-order valence-electron chi connectivity index (χ1n) is 5.39. The Labute approximate surface area is 112 Å². The molecule has 0 radical (unpaired) electrons. The van der Waals surface area contributed by atoms with Crippen molar-refractivity contribution in [2.24, 2.45) is 5.73 Å². The predicted octanol–water partition coefficient (Wildman–Crippen LogP) is 4.16. The molecule has 92 valence electrons. The molecule has 0 aromatic heterocycles. The molecule has 1 aromatic carbocycles. The summed E-state index contributed by atoms with van der Waals surface area (Å²) in [6.45, 7) is 2.18. The van der Waals surface area contributed by atoms with Gasteiger partial charge in [0.05, 0.1) is 4.47 Å². The lowest BCUT2D eigenvalue weighted by Gasteiger charge is -2.12. The fourth-order valence-electron chi connectivity index (χ4n) is 1.53. The van der Waals surface area contributed by atoms with Crippen LogP contribution in [0.5, 0.6) is 5.75 Å². The number of nitrogens with two attached hydrogens (primary N) is 1. The summed E-state index contributed by atoms with van der Waals surface area (Å²) in [7, 11) is 0. The molecule has 1 atom stereocenters. The average Bonchev–Trinajstić information content (AvgIpc) is 2.22. The van der Waals surface area contributed by atoms with E-state index < -0.39 is 0 Å². The molecule has 0 aliphatic carbocycles. The highest BCUT2D eigenvalue weighted by molar-refractivity contribution is 9.10. The van der Waals surface area contributed by atoms with Crippen molar-refractivity contribution in [3.63, 3.8) is 0 Å². The number of hydrogen-bond donors (Lipinski definition) is 2. The first kappa shape index (κ1) is 15.8. The molecule has 0 saturated heterocycles. The van der Waals surface area contributed by atoms with Gasteiger partial charge in [-0.25, -0.2) is 0 Å². The minimum absolute atomic E-state index is 0. The Balaban J connectivity index is 0.00000225. The van der Waals surface area contributed by atoms with E-state index in [1.54, 1.807) is 6.07 Å². The van der Waals surface area contributed by atoms with Crippen molar-refractivity contribution in [3.8, 4) is 5.75 Å². The van der Waals surface area contributed by atoms with Gasteiger partial charge in [0.25, 0.3) is 0 Å². The third-order valence-corrected chi connectivity index (χ3v) is 3.15. The lowest BCUT2D eigenvalue weighted by molar-refractivity contribution is 0.471. The van der Waals surface area contributed by atoms with Crippen LogP contribution in [0.25, 0.3) is 0 Å². The van der Waals surface area contributed by atoms with E-state index in [2.05, 4.69) is 22.9 Å². The first-order valence-corrected chi connectivity index (χ1v) is 6.18. The number of phenolic OH excluding ortho intramolecular Hbond substituents is 1. The summed E-state index contributed by atoms with van der Waals surface area (Å²) in [5, 5.41) is 9.35. The fourth-order valence-corrected chi connectivity index (χ4v) is 1.93. The number of halogens is 2. The van der Waals surface area contributed by atoms with E-state index in [9.17, 15) is 5.11 Å². The average molecular weight is 309 g/mol. The van der Waals surface area contributed by atoms with Gasteiger partial charge in [0.15, 0.2) is 0 Å². The third kappa shape index (κ3) is 4.73. The lowest BCUT2D eigenvalue weighted by atomic mass is 10.0. The summed E-state index contributed by atoms with van der Waals surface area (Å²) in [4.78, 5) is 0. The first-order chi connectivity index (χ1) is 7.15. The maximum absolute atomic E-state index is 9.35. The Morgan fingerprint density at radius 1 is 1.38 bits per heavy atom. The van der Waals surface area contributed by atoms with Crippen molar-refractivity contribution in [2.45, 2.75) is 38.6 Å². The van der Waals surface area contributed by atoms with Gasteiger partial charge in [0.1, 0.15) is 5.75 Å². The van der Waals surface area contributed by atoms with E-state index in [4.69, 9.17) is 5.73 Å². The normalized spacial score (nSPS) is 11.9. The Kier molecular flexibility index (Phi) is 7.81. The molecule has 0 saturated carbocycles. The van der Waals surface area contributed by atoms with Crippen LogP contribution in [0.15, 0.2) is 22.7 Å². The molecule has 0 fully saturated rings. The van der Waals surface area contributed by atoms with Gasteiger partial charge in [-0.15, -0.1) is 12.4 Å². The van der Waals surface area contributed by atoms with Crippen molar-refractivity contribution in [1.82, 2.24) is 0 Å². The molecule has 3 N–H and O–H groups in total. The molecule has 0 unspecified atom stereocenters. The summed E-state index contributed by atoms with van der Waals surface area (Å²) in [6, 6.07) is 5.54. The number of rotatable bonds is 5. The van der Waals surface area contributed by atoms with Gasteiger partial charge >= 0.3 is 0 Å². The number of phenols is 1. The second kappa shape index (κ2) is 7.93. The third-order valence-electron chi connectivity index (χ3n) is 2.52. The van der Waals surface area contributed by atoms with Crippen LogP contribution in [0.4, 0.5) is 0 Å². The molecule has 0 aliphatic heterocycles. The van der Waals surface area contributed by atoms with Crippen molar-refractivity contribution in [3.05, 3.63) is 28.2 Å². The Morgan fingerprint density at radius 3 is 2.62 bits per heavy atom. The highest BCUT2D eigenvalue weighted by Gasteiger charge is 2.07. The molecule has 1 aromatic rings. The highest BCUT2D eigenvalue weighted by Crippen LogP contribution is 2.27. The van der Waals surface area contributed by atoms with Crippen LogP contribution in [-0.2, 0) is 0 Å². The number of hydrogen-bond acceptors (Lipinski definition) is 2. The van der Waals surface area contributed by atoms with Gasteiger partial charge in [0.2, 0.25) is 0 Å². The second-order valence-electron chi connectivity index (χ2n) is 3.81. The van der Waals surface area contributed by atoms with Crippen LogP contribution in [0.3, 0.4) is 0 Å². The Hall–Kier alpha value is -0.250. The largest absolute Gasteiger partial charge is 0.507 e. The topological polar surface area (TPSA) is 46.2 Å². The van der Waals surface area contributed by atoms with Crippen LogP contribution >= 0.6 is 28.3 Å².